The molecule has 2 rings (SSSR count). The minimum Gasteiger partial charge on any atom is -0.341 e. The van der Waals surface area contributed by atoms with Gasteiger partial charge in [-0.1, -0.05) is 18.2 Å². The van der Waals surface area contributed by atoms with Gasteiger partial charge in [-0.05, 0) is 31.4 Å². The summed E-state index contributed by atoms with van der Waals surface area (Å²) in [5, 5.41) is 0. The van der Waals surface area contributed by atoms with Crippen molar-refractivity contribution in [2.45, 2.75) is 19.3 Å². The Hall–Kier alpha value is -1.55. The van der Waals surface area contributed by atoms with E-state index in [-0.39, 0.29) is 24.2 Å². The number of anilines is 1. The molecule has 0 spiro atoms. The topological polar surface area (TPSA) is 40.6 Å². The van der Waals surface area contributed by atoms with Gasteiger partial charge in [0.25, 0.3) is 0 Å². The van der Waals surface area contributed by atoms with E-state index in [0.717, 1.165) is 25.9 Å². The van der Waals surface area contributed by atoms with E-state index in [4.69, 9.17) is 11.6 Å². The first-order valence-corrected chi connectivity index (χ1v) is 7.45. The summed E-state index contributed by atoms with van der Waals surface area (Å²) in [4.78, 5) is 27.5. The second kappa shape index (κ2) is 7.29. The maximum Gasteiger partial charge on any atom is 0.242 e. The number of rotatable bonds is 4. The second-order valence-corrected chi connectivity index (χ2v) is 5.16. The van der Waals surface area contributed by atoms with Crippen molar-refractivity contribution >= 4 is 29.1 Å². The zero-order chi connectivity index (χ0) is 14.4. The van der Waals surface area contributed by atoms with Gasteiger partial charge in [0.15, 0.2) is 0 Å². The summed E-state index contributed by atoms with van der Waals surface area (Å²) in [7, 11) is 0. The number of piperidine rings is 1. The van der Waals surface area contributed by atoms with Gasteiger partial charge in [-0.2, -0.15) is 0 Å². The van der Waals surface area contributed by atoms with Crippen molar-refractivity contribution in [3.63, 3.8) is 0 Å². The van der Waals surface area contributed by atoms with E-state index >= 15 is 0 Å². The molecule has 20 heavy (non-hydrogen) atoms. The molecule has 0 N–H and O–H groups in total. The summed E-state index contributed by atoms with van der Waals surface area (Å²) >= 11 is 5.65. The molecule has 0 unspecified atom stereocenters. The zero-order valence-electron chi connectivity index (χ0n) is 11.4. The summed E-state index contributed by atoms with van der Waals surface area (Å²) in [6.45, 7) is 1.64. The molecule has 1 aromatic rings. The van der Waals surface area contributed by atoms with Gasteiger partial charge in [-0.15, -0.1) is 11.6 Å². The molecule has 0 saturated carbocycles. The number of para-hydroxylation sites is 1. The standard InChI is InChI=1S/C15H19ClN2O2/c16-11-14(19)18(13-7-3-1-4-8-13)12-15(20)17-9-5-2-6-10-17/h1,3-4,7-8H,2,5-6,9-12H2. The van der Waals surface area contributed by atoms with Crippen molar-refractivity contribution in [3.8, 4) is 0 Å². The van der Waals surface area contributed by atoms with Gasteiger partial charge in [0.05, 0.1) is 0 Å². The molecule has 5 heteroatoms. The highest BCUT2D eigenvalue weighted by atomic mass is 35.5. The van der Waals surface area contributed by atoms with E-state index in [1.807, 2.05) is 35.2 Å². The first kappa shape index (κ1) is 14.9. The van der Waals surface area contributed by atoms with Crippen LogP contribution in [0.5, 0.6) is 0 Å². The van der Waals surface area contributed by atoms with Crippen molar-refractivity contribution in [1.82, 2.24) is 4.90 Å². The van der Waals surface area contributed by atoms with Crippen LogP contribution in [0.3, 0.4) is 0 Å². The Bertz CT molecular complexity index is 458. The molecular formula is C15H19ClN2O2. The van der Waals surface area contributed by atoms with Crippen molar-refractivity contribution in [2.75, 3.05) is 30.4 Å². The summed E-state index contributed by atoms with van der Waals surface area (Å²) in [5.74, 6) is -0.377. The van der Waals surface area contributed by atoms with Crippen LogP contribution in [0.2, 0.25) is 0 Å². The smallest absolute Gasteiger partial charge is 0.242 e. The van der Waals surface area contributed by atoms with E-state index in [9.17, 15) is 9.59 Å². The number of amides is 2. The van der Waals surface area contributed by atoms with Crippen molar-refractivity contribution < 1.29 is 9.59 Å². The molecular weight excluding hydrogens is 276 g/mol. The Morgan fingerprint density at radius 2 is 1.75 bits per heavy atom. The van der Waals surface area contributed by atoms with Crippen LogP contribution < -0.4 is 4.90 Å². The fourth-order valence-electron chi connectivity index (χ4n) is 2.38. The normalized spacial score (nSPS) is 14.9. The van der Waals surface area contributed by atoms with E-state index in [2.05, 4.69) is 0 Å². The zero-order valence-corrected chi connectivity index (χ0v) is 12.2. The van der Waals surface area contributed by atoms with Crippen LogP contribution in [0.25, 0.3) is 0 Å². The monoisotopic (exact) mass is 294 g/mol. The van der Waals surface area contributed by atoms with Crippen LogP contribution in [-0.2, 0) is 9.59 Å². The van der Waals surface area contributed by atoms with Gasteiger partial charge in [-0.3, -0.25) is 9.59 Å². The van der Waals surface area contributed by atoms with Gasteiger partial charge in [0.1, 0.15) is 12.4 Å². The quantitative estimate of drug-likeness (QED) is 0.799. The van der Waals surface area contributed by atoms with E-state index < -0.39 is 0 Å². The average Bonchev–Trinajstić information content (AvgIpc) is 2.53. The molecule has 1 aromatic carbocycles. The summed E-state index contributed by atoms with van der Waals surface area (Å²) in [5.41, 5.74) is 0.712. The van der Waals surface area contributed by atoms with Crippen LogP contribution in [0.1, 0.15) is 19.3 Å². The second-order valence-electron chi connectivity index (χ2n) is 4.89. The average molecular weight is 295 g/mol. The minimum absolute atomic E-state index is 0.00739. The number of benzene rings is 1. The molecule has 0 bridgehead atoms. The molecule has 1 aliphatic heterocycles. The minimum atomic E-state index is -0.247. The van der Waals surface area contributed by atoms with E-state index in [1.54, 1.807) is 0 Å². The third-order valence-corrected chi connectivity index (χ3v) is 3.71. The lowest BCUT2D eigenvalue weighted by Crippen LogP contribution is -2.45. The van der Waals surface area contributed by atoms with Crippen molar-refractivity contribution in [3.05, 3.63) is 30.3 Å². The highest BCUT2D eigenvalue weighted by Gasteiger charge is 2.22. The number of hydrogen-bond donors (Lipinski definition) is 0. The molecule has 0 radical (unpaired) electrons. The molecule has 2 amide bonds. The molecule has 0 atom stereocenters. The first-order chi connectivity index (χ1) is 9.72. The number of carbonyl (C=O) groups excluding carboxylic acids is 2. The van der Waals surface area contributed by atoms with Gasteiger partial charge in [-0.25, -0.2) is 0 Å². The fourth-order valence-corrected chi connectivity index (χ4v) is 2.53. The third kappa shape index (κ3) is 3.73. The summed E-state index contributed by atoms with van der Waals surface area (Å²) in [6, 6.07) is 9.19. The Morgan fingerprint density at radius 1 is 1.10 bits per heavy atom. The SMILES string of the molecule is O=C(CN(C(=O)CCl)c1ccccc1)N1CCCCC1. The predicted octanol–water partition coefficient (Wildman–Crippen LogP) is 2.27. The lowest BCUT2D eigenvalue weighted by molar-refractivity contribution is -0.131. The van der Waals surface area contributed by atoms with Gasteiger partial charge in [0, 0.05) is 18.8 Å². The lowest BCUT2D eigenvalue weighted by atomic mass is 10.1. The Kier molecular flexibility index (Phi) is 5.41. The Balaban J connectivity index is 2.08. The predicted molar refractivity (Wildman–Crippen MR) is 79.9 cm³/mol. The molecule has 1 fully saturated rings. The van der Waals surface area contributed by atoms with Crippen LogP contribution >= 0.6 is 11.6 Å². The van der Waals surface area contributed by atoms with Crippen molar-refractivity contribution in [1.29, 1.82) is 0 Å². The van der Waals surface area contributed by atoms with Crippen LogP contribution in [-0.4, -0.2) is 42.2 Å². The highest BCUT2D eigenvalue weighted by molar-refractivity contribution is 6.29. The summed E-state index contributed by atoms with van der Waals surface area (Å²) < 4.78 is 0. The van der Waals surface area contributed by atoms with E-state index in [1.165, 1.54) is 11.3 Å². The first-order valence-electron chi connectivity index (χ1n) is 6.91. The highest BCUT2D eigenvalue weighted by Crippen LogP contribution is 2.15. The fraction of sp³-hybridized carbons (Fsp3) is 0.467. The van der Waals surface area contributed by atoms with Crippen molar-refractivity contribution in [2.24, 2.45) is 0 Å². The van der Waals surface area contributed by atoms with E-state index in [0.29, 0.717) is 5.69 Å². The molecule has 108 valence electrons. The molecule has 1 saturated heterocycles. The third-order valence-electron chi connectivity index (χ3n) is 3.49. The molecule has 0 aromatic heterocycles. The number of carbonyl (C=O) groups is 2. The van der Waals surface area contributed by atoms with Gasteiger partial charge in [0.2, 0.25) is 11.8 Å². The number of hydrogen-bond acceptors (Lipinski definition) is 2. The molecule has 0 aliphatic carbocycles. The number of alkyl halides is 1. The molecule has 1 aliphatic rings. The van der Waals surface area contributed by atoms with Crippen LogP contribution in [0, 0.1) is 0 Å². The van der Waals surface area contributed by atoms with Gasteiger partial charge >= 0.3 is 0 Å². The van der Waals surface area contributed by atoms with Gasteiger partial charge < -0.3 is 9.80 Å². The van der Waals surface area contributed by atoms with Crippen LogP contribution in [0.4, 0.5) is 5.69 Å². The van der Waals surface area contributed by atoms with Crippen LogP contribution in [0.15, 0.2) is 30.3 Å². The molecule has 1 heterocycles. The maximum atomic E-state index is 12.3. The Labute approximate surface area is 124 Å². The number of halogens is 1. The Morgan fingerprint density at radius 3 is 2.35 bits per heavy atom. The molecule has 4 nitrogen and oxygen atoms in total. The maximum absolute atomic E-state index is 12.3. The lowest BCUT2D eigenvalue weighted by Gasteiger charge is -2.30. The largest absolute Gasteiger partial charge is 0.341 e. The number of likely N-dealkylation sites (tertiary alicyclic amines) is 1. The summed E-state index contributed by atoms with van der Waals surface area (Å²) in [6.07, 6.45) is 3.26. The number of nitrogens with zero attached hydrogens (tertiary/aromatic N) is 2.